The van der Waals surface area contributed by atoms with Gasteiger partial charge < -0.3 is 5.32 Å². The zero-order chi connectivity index (χ0) is 13.2. The molecule has 0 aliphatic heterocycles. The number of nitrogens with one attached hydrogen (secondary N) is 1. The number of aryl methyl sites for hydroxylation is 1. The summed E-state index contributed by atoms with van der Waals surface area (Å²) in [5.74, 6) is 0. The highest BCUT2D eigenvalue weighted by Crippen LogP contribution is 2.25. The van der Waals surface area contributed by atoms with E-state index in [1.54, 1.807) is 22.7 Å². The van der Waals surface area contributed by atoms with Gasteiger partial charge in [-0.05, 0) is 6.92 Å². The summed E-state index contributed by atoms with van der Waals surface area (Å²) in [5.41, 5.74) is 1.30. The third kappa shape index (κ3) is 3.49. The van der Waals surface area contributed by atoms with Gasteiger partial charge in [0.2, 0.25) is 5.13 Å². The van der Waals surface area contributed by atoms with Gasteiger partial charge in [0.05, 0.1) is 10.7 Å². The average molecular weight is 282 g/mol. The molecule has 0 aliphatic rings. The second-order valence-corrected chi connectivity index (χ2v) is 7.24. The van der Waals surface area contributed by atoms with E-state index in [1.165, 1.54) is 5.01 Å². The van der Waals surface area contributed by atoms with Crippen molar-refractivity contribution < 1.29 is 0 Å². The van der Waals surface area contributed by atoms with E-state index in [2.05, 4.69) is 46.6 Å². The third-order valence-corrected chi connectivity index (χ3v) is 4.49. The molecule has 18 heavy (non-hydrogen) atoms. The van der Waals surface area contributed by atoms with Crippen LogP contribution in [0.1, 0.15) is 36.5 Å². The van der Waals surface area contributed by atoms with E-state index >= 15 is 0 Å². The van der Waals surface area contributed by atoms with Crippen LogP contribution in [0.5, 0.6) is 0 Å². The molecule has 2 aromatic rings. The molecule has 0 saturated carbocycles. The minimum atomic E-state index is 0.146. The van der Waals surface area contributed by atoms with Gasteiger partial charge in [-0.1, -0.05) is 32.1 Å². The van der Waals surface area contributed by atoms with Gasteiger partial charge in [0, 0.05) is 23.8 Å². The van der Waals surface area contributed by atoms with E-state index in [0.717, 1.165) is 28.8 Å². The Morgan fingerprint density at radius 3 is 2.61 bits per heavy atom. The van der Waals surface area contributed by atoms with Crippen molar-refractivity contribution in [3.8, 4) is 0 Å². The summed E-state index contributed by atoms with van der Waals surface area (Å²) < 4.78 is 0. The predicted octanol–water partition coefficient (Wildman–Crippen LogP) is 3.26. The highest BCUT2D eigenvalue weighted by molar-refractivity contribution is 7.15. The van der Waals surface area contributed by atoms with Crippen LogP contribution in [0.4, 0.5) is 5.13 Å². The van der Waals surface area contributed by atoms with Crippen LogP contribution in [0, 0.1) is 6.92 Å². The van der Waals surface area contributed by atoms with Crippen molar-refractivity contribution in [2.75, 3.05) is 11.9 Å². The van der Waals surface area contributed by atoms with Crippen molar-refractivity contribution in [2.45, 2.75) is 39.5 Å². The Morgan fingerprint density at radius 2 is 2.06 bits per heavy atom. The summed E-state index contributed by atoms with van der Waals surface area (Å²) in [5, 5.41) is 16.5. The number of hydrogen-bond acceptors (Lipinski definition) is 6. The van der Waals surface area contributed by atoms with Gasteiger partial charge >= 0.3 is 0 Å². The van der Waals surface area contributed by atoms with Crippen molar-refractivity contribution >= 4 is 27.8 Å². The summed E-state index contributed by atoms with van der Waals surface area (Å²) in [7, 11) is 0. The first-order chi connectivity index (χ1) is 8.45. The fraction of sp³-hybridized carbons (Fsp3) is 0.583. The zero-order valence-corrected chi connectivity index (χ0v) is 12.8. The van der Waals surface area contributed by atoms with E-state index in [9.17, 15) is 0 Å². The maximum atomic E-state index is 4.66. The zero-order valence-electron chi connectivity index (χ0n) is 11.1. The van der Waals surface area contributed by atoms with Crippen LogP contribution in [0.15, 0.2) is 5.38 Å². The topological polar surface area (TPSA) is 50.7 Å². The Balaban J connectivity index is 1.85. The lowest BCUT2D eigenvalue weighted by molar-refractivity contribution is 0.583. The summed E-state index contributed by atoms with van der Waals surface area (Å²) in [6.45, 7) is 9.38. The molecule has 1 N–H and O–H groups in total. The fourth-order valence-corrected chi connectivity index (χ4v) is 2.99. The second-order valence-electron chi connectivity index (χ2n) is 5.20. The molecule has 0 radical (unpaired) electrons. The van der Waals surface area contributed by atoms with Crippen LogP contribution >= 0.6 is 22.7 Å². The molecule has 0 amide bonds. The molecule has 98 valence electrons. The number of anilines is 1. The second kappa shape index (κ2) is 5.32. The Hall–Kier alpha value is -1.01. The van der Waals surface area contributed by atoms with Crippen molar-refractivity contribution in [2.24, 2.45) is 0 Å². The average Bonchev–Trinajstić information content (AvgIpc) is 2.87. The molecule has 4 nitrogen and oxygen atoms in total. The van der Waals surface area contributed by atoms with Crippen molar-refractivity contribution in [3.63, 3.8) is 0 Å². The van der Waals surface area contributed by atoms with Gasteiger partial charge in [-0.2, -0.15) is 0 Å². The van der Waals surface area contributed by atoms with Gasteiger partial charge in [0.15, 0.2) is 0 Å². The van der Waals surface area contributed by atoms with Crippen molar-refractivity contribution in [1.82, 2.24) is 15.2 Å². The molecular formula is C12H18N4S2. The molecule has 6 heteroatoms. The van der Waals surface area contributed by atoms with Crippen LogP contribution in [-0.4, -0.2) is 21.7 Å². The summed E-state index contributed by atoms with van der Waals surface area (Å²) in [4.78, 5) is 4.66. The maximum absolute atomic E-state index is 4.66. The van der Waals surface area contributed by atoms with E-state index in [-0.39, 0.29) is 5.41 Å². The van der Waals surface area contributed by atoms with Crippen LogP contribution in [-0.2, 0) is 11.8 Å². The first-order valence-corrected chi connectivity index (χ1v) is 7.63. The molecule has 0 spiro atoms. The lowest BCUT2D eigenvalue weighted by Crippen LogP contribution is -2.11. The number of hydrogen-bond donors (Lipinski definition) is 1. The summed E-state index contributed by atoms with van der Waals surface area (Å²) in [6.07, 6.45) is 0.922. The number of aromatic nitrogens is 3. The van der Waals surface area contributed by atoms with Crippen molar-refractivity contribution in [3.05, 3.63) is 21.1 Å². The van der Waals surface area contributed by atoms with Gasteiger partial charge in [-0.25, -0.2) is 4.98 Å². The lowest BCUT2D eigenvalue weighted by atomic mass is 9.98. The monoisotopic (exact) mass is 282 g/mol. The van der Waals surface area contributed by atoms with Gasteiger partial charge in [-0.3, -0.25) is 0 Å². The van der Waals surface area contributed by atoms with Crippen LogP contribution in [0.25, 0.3) is 0 Å². The first-order valence-electron chi connectivity index (χ1n) is 5.94. The molecule has 0 saturated heterocycles. The summed E-state index contributed by atoms with van der Waals surface area (Å²) in [6, 6.07) is 0. The third-order valence-electron chi connectivity index (χ3n) is 2.38. The first kappa shape index (κ1) is 13.4. The molecule has 0 aliphatic carbocycles. The molecule has 2 heterocycles. The standard InChI is InChI=1S/C12H18N4S2/c1-8-15-16-11(18-8)13-6-5-9-7-17-10(14-9)12(2,3)4/h7H,5-6H2,1-4H3,(H,13,16). The molecule has 0 fully saturated rings. The number of nitrogens with zero attached hydrogens (tertiary/aromatic N) is 3. The highest BCUT2D eigenvalue weighted by atomic mass is 32.1. The quantitative estimate of drug-likeness (QED) is 0.935. The molecule has 0 atom stereocenters. The Kier molecular flexibility index (Phi) is 3.97. The fourth-order valence-electron chi connectivity index (χ4n) is 1.43. The van der Waals surface area contributed by atoms with Crippen LogP contribution in [0.2, 0.25) is 0 Å². The smallest absolute Gasteiger partial charge is 0.205 e. The highest BCUT2D eigenvalue weighted by Gasteiger charge is 2.17. The molecule has 0 bridgehead atoms. The predicted molar refractivity (Wildman–Crippen MR) is 77.7 cm³/mol. The molecule has 2 rings (SSSR count). The molecule has 0 unspecified atom stereocenters. The van der Waals surface area contributed by atoms with Gasteiger partial charge in [0.25, 0.3) is 0 Å². The van der Waals surface area contributed by atoms with Gasteiger partial charge in [-0.15, -0.1) is 21.5 Å². The van der Waals surface area contributed by atoms with E-state index in [1.807, 2.05) is 6.92 Å². The Morgan fingerprint density at radius 1 is 1.28 bits per heavy atom. The van der Waals surface area contributed by atoms with Crippen molar-refractivity contribution in [1.29, 1.82) is 0 Å². The molecular weight excluding hydrogens is 264 g/mol. The largest absolute Gasteiger partial charge is 0.360 e. The Labute approximate surface area is 116 Å². The number of thiazole rings is 1. The maximum Gasteiger partial charge on any atom is 0.205 e. The normalized spacial score (nSPS) is 11.8. The Bertz CT molecular complexity index is 510. The van der Waals surface area contributed by atoms with E-state index < -0.39 is 0 Å². The molecule has 2 aromatic heterocycles. The SMILES string of the molecule is Cc1nnc(NCCc2csc(C(C)(C)C)n2)s1. The van der Waals surface area contributed by atoms with Crippen LogP contribution < -0.4 is 5.32 Å². The summed E-state index contributed by atoms with van der Waals surface area (Å²) >= 11 is 3.32. The number of rotatable bonds is 4. The van der Waals surface area contributed by atoms with Gasteiger partial charge in [0.1, 0.15) is 5.01 Å². The van der Waals surface area contributed by atoms with Crippen LogP contribution in [0.3, 0.4) is 0 Å². The van der Waals surface area contributed by atoms with E-state index in [0.29, 0.717) is 0 Å². The van der Waals surface area contributed by atoms with E-state index in [4.69, 9.17) is 0 Å². The lowest BCUT2D eigenvalue weighted by Gasteiger charge is -2.13. The molecule has 0 aromatic carbocycles. The minimum absolute atomic E-state index is 0.146. The minimum Gasteiger partial charge on any atom is -0.360 e.